The monoisotopic (exact) mass is 339 g/mol. The normalized spacial score (nSPS) is 24.2. The average molecular weight is 339 g/mol. The summed E-state index contributed by atoms with van der Waals surface area (Å²) >= 11 is 0. The summed E-state index contributed by atoms with van der Waals surface area (Å²) in [6, 6.07) is 11.0. The fourth-order valence-corrected chi connectivity index (χ4v) is 4.79. The maximum absolute atomic E-state index is 12.8. The second-order valence-electron chi connectivity index (χ2n) is 7.78. The minimum Gasteiger partial charge on any atom is -0.344 e. The van der Waals surface area contributed by atoms with Crippen LogP contribution in [0.2, 0.25) is 0 Å². The number of rotatable bonds is 4. The van der Waals surface area contributed by atoms with Gasteiger partial charge in [0.05, 0.1) is 0 Å². The van der Waals surface area contributed by atoms with Gasteiger partial charge in [-0.1, -0.05) is 24.6 Å². The maximum atomic E-state index is 12.8. The van der Waals surface area contributed by atoms with E-state index in [1.807, 2.05) is 30.3 Å². The Morgan fingerprint density at radius 2 is 1.96 bits per heavy atom. The van der Waals surface area contributed by atoms with E-state index in [4.69, 9.17) is 0 Å². The summed E-state index contributed by atoms with van der Waals surface area (Å²) in [5, 5.41) is 1.20. The zero-order valence-electron chi connectivity index (χ0n) is 15.2. The summed E-state index contributed by atoms with van der Waals surface area (Å²) in [6.07, 6.45) is 8.59. The molecule has 2 aromatic rings. The molecule has 4 rings (SSSR count). The fourth-order valence-electron chi connectivity index (χ4n) is 4.79. The van der Waals surface area contributed by atoms with Crippen LogP contribution in [0, 0.1) is 5.92 Å². The smallest absolute Gasteiger partial charge is 0.242 e. The van der Waals surface area contributed by atoms with E-state index < -0.39 is 0 Å². The molecule has 0 radical (unpaired) electrons. The van der Waals surface area contributed by atoms with Gasteiger partial charge in [-0.3, -0.25) is 4.79 Å². The number of piperidine rings is 2. The van der Waals surface area contributed by atoms with E-state index in [0.717, 1.165) is 12.1 Å². The van der Waals surface area contributed by atoms with Crippen LogP contribution in [-0.2, 0) is 11.3 Å². The molecule has 4 nitrogen and oxygen atoms in total. The van der Waals surface area contributed by atoms with E-state index in [2.05, 4.69) is 27.7 Å². The molecule has 0 bridgehead atoms. The first-order chi connectivity index (χ1) is 12.2. The third-order valence-corrected chi connectivity index (χ3v) is 6.15. The zero-order chi connectivity index (χ0) is 17.2. The van der Waals surface area contributed by atoms with Crippen LogP contribution in [0.4, 0.5) is 0 Å². The summed E-state index contributed by atoms with van der Waals surface area (Å²) in [7, 11) is 1.98. The van der Waals surface area contributed by atoms with E-state index in [9.17, 15) is 4.79 Å². The summed E-state index contributed by atoms with van der Waals surface area (Å²) < 4.78 is 2.07. The van der Waals surface area contributed by atoms with Gasteiger partial charge in [0.1, 0.15) is 6.54 Å². The molecular weight excluding hydrogens is 310 g/mol. The van der Waals surface area contributed by atoms with Crippen LogP contribution in [0.3, 0.4) is 0 Å². The number of aromatic nitrogens is 1. The van der Waals surface area contributed by atoms with E-state index >= 15 is 0 Å². The van der Waals surface area contributed by atoms with Crippen molar-refractivity contribution in [2.75, 3.05) is 26.7 Å². The lowest BCUT2D eigenvalue weighted by Crippen LogP contribution is -2.51. The standard InChI is InChI=1S/C21H29N3O/c1-22(15-18-8-6-13-23-12-5-4-10-20(18)23)21(25)16-24-14-11-17-7-2-3-9-19(17)24/h2-3,7,9,11,14,18,20H,4-6,8,10,12-13,15-16H2,1H3. The van der Waals surface area contributed by atoms with Gasteiger partial charge in [-0.15, -0.1) is 0 Å². The molecule has 25 heavy (non-hydrogen) atoms. The second kappa shape index (κ2) is 7.20. The SMILES string of the molecule is CN(CC1CCCN2CCCCC12)C(=O)Cn1ccc2ccccc21. The fraction of sp³-hybridized carbons (Fsp3) is 0.571. The van der Waals surface area contributed by atoms with Gasteiger partial charge in [-0.05, 0) is 62.2 Å². The van der Waals surface area contributed by atoms with E-state index in [0.29, 0.717) is 18.5 Å². The van der Waals surface area contributed by atoms with Crippen LogP contribution < -0.4 is 0 Å². The molecule has 2 atom stereocenters. The molecule has 0 N–H and O–H groups in total. The highest BCUT2D eigenvalue weighted by molar-refractivity contribution is 5.83. The Hall–Kier alpha value is -1.81. The van der Waals surface area contributed by atoms with Crippen molar-refractivity contribution in [3.63, 3.8) is 0 Å². The highest BCUT2D eigenvalue weighted by atomic mass is 16.2. The highest BCUT2D eigenvalue weighted by Gasteiger charge is 2.33. The lowest BCUT2D eigenvalue weighted by Gasteiger charge is -2.45. The minimum absolute atomic E-state index is 0.217. The van der Waals surface area contributed by atoms with Crippen molar-refractivity contribution < 1.29 is 4.79 Å². The van der Waals surface area contributed by atoms with Gasteiger partial charge < -0.3 is 14.4 Å². The molecule has 1 aromatic carbocycles. The van der Waals surface area contributed by atoms with Crippen molar-refractivity contribution in [1.29, 1.82) is 0 Å². The Morgan fingerprint density at radius 1 is 1.12 bits per heavy atom. The van der Waals surface area contributed by atoms with Gasteiger partial charge in [0.15, 0.2) is 0 Å². The van der Waals surface area contributed by atoms with Crippen molar-refractivity contribution in [3.05, 3.63) is 36.5 Å². The predicted octanol–water partition coefficient (Wildman–Crippen LogP) is 3.36. The summed E-state index contributed by atoms with van der Waals surface area (Å²) in [5.74, 6) is 0.860. The first-order valence-electron chi connectivity index (χ1n) is 9.74. The number of fused-ring (bicyclic) bond motifs is 2. The van der Waals surface area contributed by atoms with Crippen LogP contribution in [-0.4, -0.2) is 53.0 Å². The number of carbonyl (C=O) groups is 1. The maximum Gasteiger partial charge on any atom is 0.242 e. The number of amides is 1. The zero-order valence-corrected chi connectivity index (χ0v) is 15.2. The molecule has 2 unspecified atom stereocenters. The van der Waals surface area contributed by atoms with Crippen LogP contribution in [0.1, 0.15) is 32.1 Å². The van der Waals surface area contributed by atoms with Gasteiger partial charge in [0.2, 0.25) is 5.91 Å². The van der Waals surface area contributed by atoms with Crippen molar-refractivity contribution in [1.82, 2.24) is 14.4 Å². The van der Waals surface area contributed by atoms with Crippen LogP contribution in [0.15, 0.2) is 36.5 Å². The van der Waals surface area contributed by atoms with Crippen molar-refractivity contribution in [3.8, 4) is 0 Å². The first kappa shape index (κ1) is 16.6. The Labute approximate surface area is 150 Å². The Balaban J connectivity index is 1.40. The minimum atomic E-state index is 0.217. The van der Waals surface area contributed by atoms with Gasteiger partial charge in [-0.2, -0.15) is 0 Å². The van der Waals surface area contributed by atoms with Gasteiger partial charge in [0.25, 0.3) is 0 Å². The van der Waals surface area contributed by atoms with Crippen LogP contribution in [0.5, 0.6) is 0 Å². The molecule has 0 spiro atoms. The predicted molar refractivity (Wildman–Crippen MR) is 102 cm³/mol. The molecule has 134 valence electrons. The number of likely N-dealkylation sites (N-methyl/N-ethyl adjacent to an activating group) is 1. The third kappa shape index (κ3) is 3.45. The number of carbonyl (C=O) groups excluding carboxylic acids is 1. The van der Waals surface area contributed by atoms with Crippen LogP contribution >= 0.6 is 0 Å². The Morgan fingerprint density at radius 3 is 2.88 bits per heavy atom. The van der Waals surface area contributed by atoms with E-state index in [1.165, 1.54) is 50.6 Å². The molecule has 0 saturated carbocycles. The van der Waals surface area contributed by atoms with E-state index in [1.54, 1.807) is 0 Å². The first-order valence-corrected chi connectivity index (χ1v) is 9.74. The van der Waals surface area contributed by atoms with Gasteiger partial charge in [0, 0.05) is 31.3 Å². The molecular formula is C21H29N3O. The molecule has 3 heterocycles. The van der Waals surface area contributed by atoms with Crippen molar-refractivity contribution in [2.24, 2.45) is 5.92 Å². The molecule has 2 aliphatic rings. The molecule has 1 amide bonds. The van der Waals surface area contributed by atoms with Crippen molar-refractivity contribution >= 4 is 16.8 Å². The Bertz CT molecular complexity index is 736. The Kier molecular flexibility index (Phi) is 4.80. The molecule has 2 saturated heterocycles. The summed E-state index contributed by atoms with van der Waals surface area (Å²) in [4.78, 5) is 17.4. The quantitative estimate of drug-likeness (QED) is 0.854. The van der Waals surface area contributed by atoms with Crippen LogP contribution in [0.25, 0.3) is 10.9 Å². The third-order valence-electron chi connectivity index (χ3n) is 6.15. The lowest BCUT2D eigenvalue weighted by molar-refractivity contribution is -0.131. The topological polar surface area (TPSA) is 28.5 Å². The van der Waals surface area contributed by atoms with Gasteiger partial charge in [-0.25, -0.2) is 0 Å². The number of nitrogens with zero attached hydrogens (tertiary/aromatic N) is 3. The molecule has 0 aliphatic carbocycles. The lowest BCUT2D eigenvalue weighted by atomic mass is 9.83. The van der Waals surface area contributed by atoms with Crippen molar-refractivity contribution in [2.45, 2.75) is 44.7 Å². The van der Waals surface area contributed by atoms with E-state index in [-0.39, 0.29) is 5.91 Å². The number of para-hydroxylation sites is 1. The second-order valence-corrected chi connectivity index (χ2v) is 7.78. The molecule has 4 heteroatoms. The molecule has 2 fully saturated rings. The number of hydrogen-bond acceptors (Lipinski definition) is 2. The number of hydrogen-bond donors (Lipinski definition) is 0. The van der Waals surface area contributed by atoms with Gasteiger partial charge >= 0.3 is 0 Å². The summed E-state index contributed by atoms with van der Waals surface area (Å²) in [6.45, 7) is 3.85. The molecule has 1 aromatic heterocycles. The number of benzene rings is 1. The summed E-state index contributed by atoms with van der Waals surface area (Å²) in [5.41, 5.74) is 1.14. The largest absolute Gasteiger partial charge is 0.344 e. The average Bonchev–Trinajstić information content (AvgIpc) is 3.05. The molecule has 2 aliphatic heterocycles. The highest BCUT2D eigenvalue weighted by Crippen LogP contribution is 2.31.